The van der Waals surface area contributed by atoms with E-state index < -0.39 is 6.10 Å². The maximum absolute atomic E-state index is 13.0. The van der Waals surface area contributed by atoms with E-state index in [1.807, 2.05) is 31.2 Å². The molecule has 1 unspecified atom stereocenters. The van der Waals surface area contributed by atoms with Gasteiger partial charge in [0, 0.05) is 34.7 Å². The van der Waals surface area contributed by atoms with Crippen molar-refractivity contribution in [2.45, 2.75) is 32.4 Å². The number of phenols is 2. The van der Waals surface area contributed by atoms with Gasteiger partial charge < -0.3 is 19.7 Å². The molecule has 194 valence electrons. The number of hydrogen-bond donors (Lipinski definition) is 2. The maximum atomic E-state index is 13.0. The van der Waals surface area contributed by atoms with Gasteiger partial charge in [0.15, 0.2) is 0 Å². The number of fused-ring (bicyclic) bond motifs is 1. The van der Waals surface area contributed by atoms with Crippen LogP contribution in [0.4, 0.5) is 4.39 Å². The van der Waals surface area contributed by atoms with Crippen molar-refractivity contribution in [2.75, 3.05) is 26.4 Å². The van der Waals surface area contributed by atoms with E-state index in [0.29, 0.717) is 17.4 Å². The molecule has 1 saturated heterocycles. The fourth-order valence-corrected chi connectivity index (χ4v) is 5.45. The highest BCUT2D eigenvalue weighted by molar-refractivity contribution is 6.31. The van der Waals surface area contributed by atoms with Gasteiger partial charge in [0.25, 0.3) is 0 Å². The third-order valence-corrected chi connectivity index (χ3v) is 7.52. The zero-order valence-corrected chi connectivity index (χ0v) is 21.7. The Morgan fingerprint density at radius 3 is 2.57 bits per heavy atom. The second-order valence-electron chi connectivity index (χ2n) is 9.95. The number of alkyl halides is 1. The Labute approximate surface area is 221 Å². The van der Waals surface area contributed by atoms with Gasteiger partial charge in [0.1, 0.15) is 35.7 Å². The molecule has 2 heterocycles. The highest BCUT2D eigenvalue weighted by atomic mass is 35.5. The number of likely N-dealkylation sites (tertiary alicyclic amines) is 1. The summed E-state index contributed by atoms with van der Waals surface area (Å²) < 4.78 is 25.5. The van der Waals surface area contributed by atoms with Crippen LogP contribution in [-0.2, 0) is 0 Å². The molecule has 5 nitrogen and oxygen atoms in total. The molecule has 3 atom stereocenters. The number of hydrogen-bond acceptors (Lipinski definition) is 5. The van der Waals surface area contributed by atoms with Crippen molar-refractivity contribution in [1.29, 1.82) is 0 Å². The molecular weight excluding hydrogens is 493 g/mol. The van der Waals surface area contributed by atoms with Crippen LogP contribution in [0.2, 0.25) is 5.02 Å². The predicted molar refractivity (Wildman–Crippen MR) is 144 cm³/mol. The molecule has 3 aromatic rings. The van der Waals surface area contributed by atoms with Gasteiger partial charge in [-0.1, -0.05) is 23.7 Å². The lowest BCUT2D eigenvalue weighted by Gasteiger charge is -2.31. The molecule has 3 aromatic carbocycles. The van der Waals surface area contributed by atoms with Gasteiger partial charge >= 0.3 is 0 Å². The topological polar surface area (TPSA) is 62.2 Å². The summed E-state index contributed by atoms with van der Waals surface area (Å²) in [7, 11) is 0. The summed E-state index contributed by atoms with van der Waals surface area (Å²) in [5, 5.41) is 20.7. The standard InChI is InChI=1S/C30H31ClFNO4/c1-18(33-10-9-20(15-32)16-33)17-36-26-6-3-21(4-7-26)30-29(22-11-23(31)13-25(35)12-22)19(2)27-14-24(34)5-8-28(27)37-30/h3-8,11-14,18,20,30,34-35H,9-10,15-17H2,1-2H3/t18-,20-,30?/m0/s1. The third kappa shape index (κ3) is 5.41. The monoisotopic (exact) mass is 523 g/mol. The molecule has 0 amide bonds. The number of rotatable bonds is 7. The first-order valence-electron chi connectivity index (χ1n) is 12.6. The third-order valence-electron chi connectivity index (χ3n) is 7.30. The van der Waals surface area contributed by atoms with Gasteiger partial charge in [-0.15, -0.1) is 0 Å². The van der Waals surface area contributed by atoms with Crippen LogP contribution in [0.3, 0.4) is 0 Å². The van der Waals surface area contributed by atoms with E-state index in [9.17, 15) is 14.6 Å². The van der Waals surface area contributed by atoms with E-state index >= 15 is 0 Å². The Balaban J connectivity index is 1.40. The summed E-state index contributed by atoms with van der Waals surface area (Å²) in [6, 6.07) is 18.0. The molecule has 0 saturated carbocycles. The number of nitrogens with zero attached hydrogens (tertiary/aromatic N) is 1. The van der Waals surface area contributed by atoms with Crippen molar-refractivity contribution in [3.05, 3.63) is 82.4 Å². The molecule has 5 rings (SSSR count). The summed E-state index contributed by atoms with van der Waals surface area (Å²) in [5.41, 5.74) is 4.23. The second-order valence-corrected chi connectivity index (χ2v) is 10.4. The summed E-state index contributed by atoms with van der Waals surface area (Å²) in [4.78, 5) is 2.28. The van der Waals surface area contributed by atoms with Gasteiger partial charge in [-0.2, -0.15) is 0 Å². The molecule has 2 N–H and O–H groups in total. The fourth-order valence-electron chi connectivity index (χ4n) is 5.22. The smallest absolute Gasteiger partial charge is 0.150 e. The average Bonchev–Trinajstić information content (AvgIpc) is 3.37. The molecule has 0 aromatic heterocycles. The molecule has 2 aliphatic rings. The normalized spacial score (nSPS) is 20.4. The highest BCUT2D eigenvalue weighted by Crippen LogP contribution is 2.48. The van der Waals surface area contributed by atoms with Crippen LogP contribution < -0.4 is 9.47 Å². The molecule has 0 aliphatic carbocycles. The van der Waals surface area contributed by atoms with Crippen LogP contribution in [0.15, 0.2) is 60.7 Å². The molecule has 1 fully saturated rings. The van der Waals surface area contributed by atoms with Crippen LogP contribution in [0.5, 0.6) is 23.0 Å². The lowest BCUT2D eigenvalue weighted by atomic mass is 9.86. The minimum Gasteiger partial charge on any atom is -0.508 e. The highest BCUT2D eigenvalue weighted by Gasteiger charge is 2.30. The van der Waals surface area contributed by atoms with Gasteiger partial charge in [-0.05, 0) is 92.0 Å². The van der Waals surface area contributed by atoms with E-state index in [1.54, 1.807) is 30.3 Å². The number of halogens is 2. The first kappa shape index (κ1) is 25.4. The molecule has 7 heteroatoms. The van der Waals surface area contributed by atoms with Gasteiger partial charge in [-0.25, -0.2) is 0 Å². The minimum absolute atomic E-state index is 0.0666. The van der Waals surface area contributed by atoms with Crippen molar-refractivity contribution < 1.29 is 24.1 Å². The minimum atomic E-state index is -0.454. The van der Waals surface area contributed by atoms with E-state index in [1.165, 1.54) is 6.07 Å². The van der Waals surface area contributed by atoms with Crippen molar-refractivity contribution in [3.63, 3.8) is 0 Å². The van der Waals surface area contributed by atoms with Gasteiger partial charge in [0.2, 0.25) is 0 Å². The number of allylic oxidation sites excluding steroid dienone is 1. The van der Waals surface area contributed by atoms with Crippen LogP contribution in [0, 0.1) is 5.92 Å². The lowest BCUT2D eigenvalue weighted by Crippen LogP contribution is -2.35. The van der Waals surface area contributed by atoms with E-state index in [-0.39, 0.29) is 30.1 Å². The van der Waals surface area contributed by atoms with Gasteiger partial charge in [0.05, 0.1) is 6.67 Å². The zero-order valence-electron chi connectivity index (χ0n) is 21.0. The molecule has 0 bridgehead atoms. The maximum Gasteiger partial charge on any atom is 0.150 e. The second kappa shape index (κ2) is 10.6. The van der Waals surface area contributed by atoms with Crippen molar-refractivity contribution >= 4 is 22.7 Å². The molecule has 0 radical (unpaired) electrons. The van der Waals surface area contributed by atoms with E-state index in [0.717, 1.165) is 53.1 Å². The number of phenolic OH excluding ortho intramolecular Hbond substituents is 2. The number of benzene rings is 3. The summed E-state index contributed by atoms with van der Waals surface area (Å²) in [6.45, 7) is 6.05. The lowest BCUT2D eigenvalue weighted by molar-refractivity contribution is 0.165. The molecule has 37 heavy (non-hydrogen) atoms. The Kier molecular flexibility index (Phi) is 7.31. The summed E-state index contributed by atoms with van der Waals surface area (Å²) in [6.07, 6.45) is 0.449. The number of ether oxygens (including phenoxy) is 2. The van der Waals surface area contributed by atoms with Crippen LogP contribution >= 0.6 is 11.6 Å². The first-order valence-corrected chi connectivity index (χ1v) is 12.9. The fraction of sp³-hybridized carbons (Fsp3) is 0.333. The molecule has 2 aliphatic heterocycles. The summed E-state index contributed by atoms with van der Waals surface area (Å²) in [5.74, 6) is 1.77. The largest absolute Gasteiger partial charge is 0.508 e. The first-order chi connectivity index (χ1) is 17.8. The quantitative estimate of drug-likeness (QED) is 0.353. The Morgan fingerprint density at radius 2 is 1.86 bits per heavy atom. The Hall–Kier alpha value is -3.22. The van der Waals surface area contributed by atoms with E-state index in [4.69, 9.17) is 21.1 Å². The number of aromatic hydroxyl groups is 2. The van der Waals surface area contributed by atoms with Crippen LogP contribution in [-0.4, -0.2) is 47.5 Å². The van der Waals surface area contributed by atoms with Crippen molar-refractivity contribution in [1.82, 2.24) is 4.90 Å². The zero-order chi connectivity index (χ0) is 26.1. The Bertz CT molecular complexity index is 1290. The van der Waals surface area contributed by atoms with Crippen molar-refractivity contribution in [2.24, 2.45) is 5.92 Å². The molecule has 0 spiro atoms. The van der Waals surface area contributed by atoms with Crippen LogP contribution in [0.1, 0.15) is 43.1 Å². The SMILES string of the molecule is CC1=C(c2cc(O)cc(Cl)c2)C(c2ccc(OC[C@H](C)N3CC[C@@H](CF)C3)cc2)Oc2ccc(O)cc21. The molecular formula is C30H31ClFNO4. The van der Waals surface area contributed by atoms with Crippen molar-refractivity contribution in [3.8, 4) is 23.0 Å². The van der Waals surface area contributed by atoms with Gasteiger partial charge in [-0.3, -0.25) is 9.29 Å². The van der Waals surface area contributed by atoms with Crippen LogP contribution in [0.25, 0.3) is 11.1 Å². The predicted octanol–water partition coefficient (Wildman–Crippen LogP) is 6.87. The Morgan fingerprint density at radius 1 is 1.08 bits per heavy atom. The average molecular weight is 524 g/mol. The summed E-state index contributed by atoms with van der Waals surface area (Å²) >= 11 is 6.28. The van der Waals surface area contributed by atoms with E-state index in [2.05, 4.69) is 11.8 Å².